The molecule has 0 saturated carbocycles. The van der Waals surface area contributed by atoms with E-state index in [1.54, 1.807) is 0 Å². The Balaban J connectivity index is 0.000000635. The molecule has 0 N–H and O–H groups in total. The average Bonchev–Trinajstić information content (AvgIpc) is 3.06. The molecule has 2 aromatic rings. The fourth-order valence-corrected chi connectivity index (χ4v) is 5.48. The molecule has 0 heterocycles. The summed E-state index contributed by atoms with van der Waals surface area (Å²) in [4.78, 5) is 0. The Bertz CT molecular complexity index is 733. The van der Waals surface area contributed by atoms with E-state index in [1.807, 2.05) is 0 Å². The minimum absolute atomic E-state index is 0. The van der Waals surface area contributed by atoms with Crippen molar-refractivity contribution in [2.24, 2.45) is 0 Å². The summed E-state index contributed by atoms with van der Waals surface area (Å²) in [6, 6.07) is 17.7. The predicted octanol–water partition coefficient (Wildman–Crippen LogP) is 7.28. The van der Waals surface area contributed by atoms with Gasteiger partial charge in [-0.2, -0.15) is 0 Å². The monoisotopic (exact) mass is 476 g/mol. The predicted molar refractivity (Wildman–Crippen MR) is 116 cm³/mol. The first-order valence-corrected chi connectivity index (χ1v) is 15.4. The van der Waals surface area contributed by atoms with Crippen LogP contribution in [0, 0.1) is 14.9 Å². The molecule has 0 bridgehead atoms. The van der Waals surface area contributed by atoms with Crippen molar-refractivity contribution in [3.63, 3.8) is 0 Å². The molecule has 134 valence electrons. The van der Waals surface area contributed by atoms with Crippen molar-refractivity contribution in [1.29, 1.82) is 0 Å². The van der Waals surface area contributed by atoms with Gasteiger partial charge in [-0.05, 0) is 47.2 Å². The first-order valence-electron chi connectivity index (χ1n) is 7.92. The third kappa shape index (κ3) is 4.90. The fourth-order valence-electron chi connectivity index (χ4n) is 3.57. The van der Waals surface area contributed by atoms with Crippen molar-refractivity contribution >= 4 is 38.7 Å². The van der Waals surface area contributed by atoms with Gasteiger partial charge in [0.2, 0.25) is 0 Å². The average molecular weight is 479 g/mol. The number of allylic oxidation sites excluding steroid dienone is 2. The summed E-state index contributed by atoms with van der Waals surface area (Å²) in [5.74, 6) is 0. The molecule has 0 aromatic heterocycles. The van der Waals surface area contributed by atoms with Crippen molar-refractivity contribution in [2.75, 3.05) is 0 Å². The van der Waals surface area contributed by atoms with Crippen LogP contribution in [0.3, 0.4) is 0 Å². The van der Waals surface area contributed by atoms with Gasteiger partial charge in [0.15, 0.2) is 0 Å². The summed E-state index contributed by atoms with van der Waals surface area (Å²) in [7, 11) is 10.8. The summed E-state index contributed by atoms with van der Waals surface area (Å²) < 4.78 is 0. The van der Waals surface area contributed by atoms with Crippen LogP contribution >= 0.6 is 17.0 Å². The van der Waals surface area contributed by atoms with E-state index in [-0.39, 0.29) is 14.9 Å². The van der Waals surface area contributed by atoms with Crippen molar-refractivity contribution in [1.82, 2.24) is 0 Å². The van der Waals surface area contributed by atoms with Gasteiger partial charge in [-0.15, -0.1) is 0 Å². The zero-order valence-corrected chi connectivity index (χ0v) is 20.7. The van der Waals surface area contributed by atoms with Crippen LogP contribution in [0.4, 0.5) is 0 Å². The molecule has 0 fully saturated rings. The molecular weight excluding hydrogens is 454 g/mol. The van der Waals surface area contributed by atoms with Crippen LogP contribution in [0.2, 0.25) is 0 Å². The number of hydrogen-bond acceptors (Lipinski definition) is 0. The van der Waals surface area contributed by atoms with Crippen LogP contribution < -0.4 is 0 Å². The molecule has 2 unspecified atom stereocenters. The molecular formula is C22H24Cl2SiZr. The molecule has 0 saturated heterocycles. The maximum atomic E-state index is 4.93. The molecule has 4 rings (SSSR count). The number of benzene rings is 2. The molecule has 0 aliphatic heterocycles. The molecule has 0 nitrogen and oxygen atoms in total. The molecule has 4 heteroatoms. The number of halogens is 2. The Hall–Kier alpha value is -0.400. The van der Waals surface area contributed by atoms with Crippen LogP contribution in [0.1, 0.15) is 47.2 Å². The Morgan fingerprint density at radius 3 is 1.46 bits per heavy atom. The summed E-state index contributed by atoms with van der Waals surface area (Å²) in [6.45, 7) is 4.58. The van der Waals surface area contributed by atoms with Crippen LogP contribution in [0.25, 0.3) is 12.2 Å². The van der Waals surface area contributed by atoms with Gasteiger partial charge in [0.25, 0.3) is 0 Å². The van der Waals surface area contributed by atoms with Gasteiger partial charge in [-0.3, -0.25) is 0 Å². The fraction of sp³-hybridized carbons (Fsp3) is 0.182. The number of fused-ring (bicyclic) bond motifs is 2. The van der Waals surface area contributed by atoms with Crippen LogP contribution in [0.5, 0.6) is 0 Å². The molecule has 26 heavy (non-hydrogen) atoms. The zero-order valence-electron chi connectivity index (χ0n) is 15.7. The van der Waals surface area contributed by atoms with Gasteiger partial charge in [0, 0.05) is 0 Å². The standard InChI is InChI=1S/C20H18Si.2CH3.2ClH.Zr/c1-13-11-15-7-3-5-9-17(15)19(13)21-20-14(2)12-16-8-4-6-10-18(16)20;;;;;/h3-12,19-20H,1-2H3;2*1H3;2*1H;/q;2*-1;;;+4/p-2. The van der Waals surface area contributed by atoms with Crippen molar-refractivity contribution in [3.05, 3.63) is 96.8 Å². The summed E-state index contributed by atoms with van der Waals surface area (Å²) in [5.41, 5.74) is 10.1. The molecule has 2 aliphatic rings. The third-order valence-electron chi connectivity index (χ3n) is 4.62. The summed E-state index contributed by atoms with van der Waals surface area (Å²) in [6.07, 6.45) is 4.74. The topological polar surface area (TPSA) is 0 Å². The van der Waals surface area contributed by atoms with Crippen molar-refractivity contribution < 1.29 is 20.8 Å². The Labute approximate surface area is 180 Å². The molecule has 2 atom stereocenters. The first kappa shape index (κ1) is 23.6. The van der Waals surface area contributed by atoms with E-state index >= 15 is 0 Å². The molecule has 2 radical (unpaired) electrons. The molecule has 0 spiro atoms. The van der Waals surface area contributed by atoms with Crippen LogP contribution in [-0.2, 0) is 20.8 Å². The SMILES string of the molecule is CC1=Cc2ccccc2C1[Si]C1C(C)=Cc2ccccc21.[CH3-].[CH3-].[Cl][Zr+2][Cl]. The maximum absolute atomic E-state index is 4.93. The normalized spacial score (nSPS) is 18.6. The van der Waals surface area contributed by atoms with Gasteiger partial charge in [0.05, 0.1) is 9.52 Å². The number of hydrogen-bond donors (Lipinski definition) is 0. The van der Waals surface area contributed by atoms with Gasteiger partial charge in [-0.25, -0.2) is 0 Å². The Morgan fingerprint density at radius 1 is 0.731 bits per heavy atom. The minimum atomic E-state index is -0.826. The Morgan fingerprint density at radius 2 is 1.08 bits per heavy atom. The molecule has 2 aromatic carbocycles. The summed E-state index contributed by atoms with van der Waals surface area (Å²) in [5, 5.41) is 0. The third-order valence-corrected chi connectivity index (χ3v) is 6.82. The van der Waals surface area contributed by atoms with E-state index in [1.165, 1.54) is 33.4 Å². The second-order valence-corrected chi connectivity index (χ2v) is 11.4. The van der Waals surface area contributed by atoms with Gasteiger partial charge in [-0.1, -0.05) is 71.8 Å². The van der Waals surface area contributed by atoms with Gasteiger partial charge >= 0.3 is 37.9 Å². The Kier molecular flexibility index (Phi) is 9.83. The second-order valence-electron chi connectivity index (χ2n) is 6.14. The first-order chi connectivity index (χ1) is 11.7. The summed E-state index contributed by atoms with van der Waals surface area (Å²) >= 11 is -0.826. The van der Waals surface area contributed by atoms with Gasteiger partial charge < -0.3 is 14.9 Å². The van der Waals surface area contributed by atoms with E-state index in [2.05, 4.69) is 74.5 Å². The quantitative estimate of drug-likeness (QED) is 0.314. The van der Waals surface area contributed by atoms with E-state index < -0.39 is 20.8 Å². The van der Waals surface area contributed by atoms with E-state index in [9.17, 15) is 0 Å². The second kappa shape index (κ2) is 10.8. The van der Waals surface area contributed by atoms with Crippen molar-refractivity contribution in [2.45, 2.75) is 24.9 Å². The van der Waals surface area contributed by atoms with Gasteiger partial charge in [0.1, 0.15) is 0 Å². The number of rotatable bonds is 2. The van der Waals surface area contributed by atoms with Crippen molar-refractivity contribution in [3.8, 4) is 0 Å². The van der Waals surface area contributed by atoms with Crippen LogP contribution in [-0.4, -0.2) is 9.52 Å². The van der Waals surface area contributed by atoms with E-state index in [0.717, 1.165) is 9.52 Å². The molecule has 2 aliphatic carbocycles. The van der Waals surface area contributed by atoms with E-state index in [0.29, 0.717) is 11.1 Å². The van der Waals surface area contributed by atoms with Crippen LogP contribution in [0.15, 0.2) is 59.7 Å². The molecule has 0 amide bonds. The zero-order chi connectivity index (χ0) is 17.1. The van der Waals surface area contributed by atoms with E-state index in [4.69, 9.17) is 17.0 Å².